The first kappa shape index (κ1) is 17.3. The number of carboxylic acids is 1. The SMILES string of the molecule is COc1cc2nc(-n3cc(C(=O)O)cn3)[nH]c(=O)c2cc1Oc1ccccc1. The predicted molar refractivity (Wildman–Crippen MR) is 99.5 cm³/mol. The van der Waals surface area contributed by atoms with Gasteiger partial charge in [0.2, 0.25) is 5.95 Å². The second kappa shape index (κ2) is 6.88. The molecule has 0 atom stereocenters. The molecule has 140 valence electrons. The van der Waals surface area contributed by atoms with E-state index in [9.17, 15) is 9.59 Å². The largest absolute Gasteiger partial charge is 0.493 e. The maximum absolute atomic E-state index is 12.6. The molecule has 9 nitrogen and oxygen atoms in total. The average molecular weight is 378 g/mol. The Morgan fingerprint density at radius 1 is 1.18 bits per heavy atom. The Morgan fingerprint density at radius 3 is 2.64 bits per heavy atom. The Bertz CT molecular complexity index is 1230. The first-order valence-electron chi connectivity index (χ1n) is 8.18. The number of rotatable bonds is 5. The van der Waals surface area contributed by atoms with Crippen molar-refractivity contribution in [2.24, 2.45) is 0 Å². The summed E-state index contributed by atoms with van der Waals surface area (Å²) < 4.78 is 12.4. The molecular formula is C19H14N4O5. The lowest BCUT2D eigenvalue weighted by molar-refractivity contribution is 0.0697. The van der Waals surface area contributed by atoms with Crippen molar-refractivity contribution in [3.63, 3.8) is 0 Å². The molecule has 28 heavy (non-hydrogen) atoms. The van der Waals surface area contributed by atoms with Gasteiger partial charge in [0.15, 0.2) is 11.5 Å². The zero-order chi connectivity index (χ0) is 19.7. The Labute approximate surface area is 157 Å². The highest BCUT2D eigenvalue weighted by Gasteiger charge is 2.14. The molecule has 2 aromatic heterocycles. The van der Waals surface area contributed by atoms with E-state index in [1.807, 2.05) is 18.2 Å². The lowest BCUT2D eigenvalue weighted by Crippen LogP contribution is -2.14. The van der Waals surface area contributed by atoms with Gasteiger partial charge in [-0.2, -0.15) is 5.10 Å². The standard InChI is InChI=1S/C19H14N4O5/c1-27-15-8-14-13(7-16(15)28-12-5-3-2-4-6-12)17(24)22-19(21-14)23-10-11(9-20-23)18(25)26/h2-10H,1H3,(H,25,26)(H,21,22,24). The van der Waals surface area contributed by atoms with Gasteiger partial charge in [-0.3, -0.25) is 9.78 Å². The van der Waals surface area contributed by atoms with Crippen LogP contribution >= 0.6 is 0 Å². The van der Waals surface area contributed by atoms with E-state index in [1.54, 1.807) is 24.3 Å². The number of H-pyrrole nitrogens is 1. The molecular weight excluding hydrogens is 364 g/mol. The van der Waals surface area contributed by atoms with Crippen LogP contribution in [0.15, 0.2) is 59.7 Å². The second-order valence-electron chi connectivity index (χ2n) is 5.80. The number of aromatic amines is 1. The van der Waals surface area contributed by atoms with E-state index in [-0.39, 0.29) is 11.5 Å². The number of para-hydroxylation sites is 1. The van der Waals surface area contributed by atoms with Crippen LogP contribution in [0.25, 0.3) is 16.9 Å². The molecule has 9 heteroatoms. The number of hydrogen-bond acceptors (Lipinski definition) is 6. The van der Waals surface area contributed by atoms with Crippen LogP contribution in [-0.4, -0.2) is 37.9 Å². The highest BCUT2D eigenvalue weighted by molar-refractivity contribution is 5.87. The van der Waals surface area contributed by atoms with Gasteiger partial charge in [0, 0.05) is 12.3 Å². The Morgan fingerprint density at radius 2 is 1.96 bits per heavy atom. The summed E-state index contributed by atoms with van der Waals surface area (Å²) in [7, 11) is 1.49. The Kier molecular flexibility index (Phi) is 4.24. The normalized spacial score (nSPS) is 10.8. The summed E-state index contributed by atoms with van der Waals surface area (Å²) in [5.74, 6) is 0.321. The van der Waals surface area contributed by atoms with Crippen LogP contribution in [0.3, 0.4) is 0 Å². The Hall–Kier alpha value is -4.14. The smallest absolute Gasteiger partial charge is 0.338 e. The quantitative estimate of drug-likeness (QED) is 0.548. The monoisotopic (exact) mass is 378 g/mol. The van der Waals surface area contributed by atoms with Crippen molar-refractivity contribution in [3.8, 4) is 23.2 Å². The van der Waals surface area contributed by atoms with Gasteiger partial charge in [0.05, 0.1) is 29.8 Å². The molecule has 0 saturated carbocycles. The van der Waals surface area contributed by atoms with Gasteiger partial charge in [-0.1, -0.05) is 18.2 Å². The molecule has 4 aromatic rings. The number of fused-ring (bicyclic) bond motifs is 1. The first-order valence-corrected chi connectivity index (χ1v) is 8.18. The maximum atomic E-state index is 12.6. The summed E-state index contributed by atoms with van der Waals surface area (Å²) >= 11 is 0. The summed E-state index contributed by atoms with van der Waals surface area (Å²) in [6.07, 6.45) is 2.43. The third-order valence-electron chi connectivity index (χ3n) is 4.00. The topological polar surface area (TPSA) is 119 Å². The molecule has 0 aliphatic heterocycles. The lowest BCUT2D eigenvalue weighted by Gasteiger charge is -2.11. The van der Waals surface area contributed by atoms with Gasteiger partial charge in [-0.15, -0.1) is 0 Å². The van der Waals surface area contributed by atoms with Crippen molar-refractivity contribution in [3.05, 3.63) is 70.8 Å². The molecule has 0 aliphatic rings. The fourth-order valence-electron chi connectivity index (χ4n) is 2.65. The Balaban J connectivity index is 1.81. The summed E-state index contributed by atoms with van der Waals surface area (Å²) in [5.41, 5.74) is -0.0942. The average Bonchev–Trinajstić information content (AvgIpc) is 3.19. The van der Waals surface area contributed by atoms with E-state index in [1.165, 1.54) is 24.2 Å². The van der Waals surface area contributed by atoms with Crippen LogP contribution in [0.5, 0.6) is 17.2 Å². The molecule has 0 radical (unpaired) electrons. The number of aromatic carboxylic acids is 1. The fourth-order valence-corrected chi connectivity index (χ4v) is 2.65. The molecule has 0 spiro atoms. The van der Waals surface area contributed by atoms with Crippen molar-refractivity contribution in [2.75, 3.05) is 7.11 Å². The third-order valence-corrected chi connectivity index (χ3v) is 4.00. The molecule has 0 fully saturated rings. The van der Waals surface area contributed by atoms with E-state index < -0.39 is 11.5 Å². The molecule has 0 saturated heterocycles. The number of ether oxygens (including phenoxy) is 2. The van der Waals surface area contributed by atoms with Crippen molar-refractivity contribution in [1.29, 1.82) is 0 Å². The van der Waals surface area contributed by atoms with E-state index in [2.05, 4.69) is 15.1 Å². The van der Waals surface area contributed by atoms with E-state index in [0.717, 1.165) is 0 Å². The number of aromatic nitrogens is 4. The number of benzene rings is 2. The number of nitrogens with zero attached hydrogens (tertiary/aromatic N) is 3. The van der Waals surface area contributed by atoms with Crippen molar-refractivity contribution in [2.45, 2.75) is 0 Å². The van der Waals surface area contributed by atoms with Gasteiger partial charge in [0.25, 0.3) is 5.56 Å². The number of carboxylic acid groups (broad SMARTS) is 1. The predicted octanol–water partition coefficient (Wildman–Crippen LogP) is 2.61. The van der Waals surface area contributed by atoms with Crippen LogP contribution in [0, 0.1) is 0 Å². The summed E-state index contributed by atoms with van der Waals surface area (Å²) in [4.78, 5) is 30.5. The van der Waals surface area contributed by atoms with Crippen molar-refractivity contribution in [1.82, 2.24) is 19.7 Å². The molecule has 2 aromatic carbocycles. The summed E-state index contributed by atoms with van der Waals surface area (Å²) in [5, 5.41) is 13.2. The molecule has 2 heterocycles. The molecule has 2 N–H and O–H groups in total. The minimum absolute atomic E-state index is 0.0214. The fraction of sp³-hybridized carbons (Fsp3) is 0.0526. The summed E-state index contributed by atoms with van der Waals surface area (Å²) in [6, 6.07) is 12.2. The lowest BCUT2D eigenvalue weighted by atomic mass is 10.2. The van der Waals surface area contributed by atoms with Crippen LogP contribution in [0.1, 0.15) is 10.4 Å². The van der Waals surface area contributed by atoms with E-state index >= 15 is 0 Å². The number of nitrogens with one attached hydrogen (secondary N) is 1. The van der Waals surface area contributed by atoms with Crippen LogP contribution in [-0.2, 0) is 0 Å². The van der Waals surface area contributed by atoms with Crippen molar-refractivity contribution < 1.29 is 19.4 Å². The van der Waals surface area contributed by atoms with Crippen molar-refractivity contribution >= 4 is 16.9 Å². The number of hydrogen-bond donors (Lipinski definition) is 2. The maximum Gasteiger partial charge on any atom is 0.338 e. The van der Waals surface area contributed by atoms with E-state index in [0.29, 0.717) is 28.2 Å². The van der Waals surface area contributed by atoms with Gasteiger partial charge in [0.1, 0.15) is 5.75 Å². The number of methoxy groups -OCH3 is 1. The van der Waals surface area contributed by atoms with Gasteiger partial charge < -0.3 is 14.6 Å². The van der Waals surface area contributed by atoms with Gasteiger partial charge >= 0.3 is 5.97 Å². The van der Waals surface area contributed by atoms with Crippen LogP contribution in [0.4, 0.5) is 0 Å². The third kappa shape index (κ3) is 3.16. The van der Waals surface area contributed by atoms with Gasteiger partial charge in [-0.05, 0) is 18.2 Å². The molecule has 0 unspecified atom stereocenters. The zero-order valence-electron chi connectivity index (χ0n) is 14.6. The molecule has 0 bridgehead atoms. The van der Waals surface area contributed by atoms with E-state index in [4.69, 9.17) is 14.6 Å². The van der Waals surface area contributed by atoms with Crippen LogP contribution in [0.2, 0.25) is 0 Å². The molecule has 4 rings (SSSR count). The second-order valence-corrected chi connectivity index (χ2v) is 5.80. The minimum atomic E-state index is -1.13. The molecule has 0 amide bonds. The first-order chi connectivity index (χ1) is 13.5. The zero-order valence-corrected chi connectivity index (χ0v) is 14.6. The number of carbonyl (C=O) groups is 1. The summed E-state index contributed by atoms with van der Waals surface area (Å²) in [6.45, 7) is 0. The van der Waals surface area contributed by atoms with Gasteiger partial charge in [-0.25, -0.2) is 14.5 Å². The minimum Gasteiger partial charge on any atom is -0.493 e. The highest BCUT2D eigenvalue weighted by atomic mass is 16.5. The van der Waals surface area contributed by atoms with Crippen LogP contribution < -0.4 is 15.0 Å². The molecule has 0 aliphatic carbocycles. The highest BCUT2D eigenvalue weighted by Crippen LogP contribution is 2.34.